The summed E-state index contributed by atoms with van der Waals surface area (Å²) < 4.78 is 0. The van der Waals surface area contributed by atoms with Crippen molar-refractivity contribution in [2.75, 3.05) is 11.9 Å². The van der Waals surface area contributed by atoms with Gasteiger partial charge in [0.2, 0.25) is 0 Å². The fourth-order valence-corrected chi connectivity index (χ4v) is 1.48. The van der Waals surface area contributed by atoms with Crippen molar-refractivity contribution in [1.29, 1.82) is 5.26 Å². The van der Waals surface area contributed by atoms with Crippen LogP contribution in [0.4, 0.5) is 11.4 Å². The van der Waals surface area contributed by atoms with Crippen LogP contribution >= 0.6 is 0 Å². The predicted octanol–water partition coefficient (Wildman–Crippen LogP) is 2.68. The molecule has 0 bridgehead atoms. The first-order valence-electron chi connectivity index (χ1n) is 5.55. The maximum atomic E-state index is 10.9. The molecule has 1 rings (SSSR count). The van der Waals surface area contributed by atoms with E-state index in [0.717, 1.165) is 12.8 Å². The zero-order chi connectivity index (χ0) is 13.4. The number of unbranched alkanes of at least 4 members (excludes halogenated alkanes) is 2. The second-order valence-corrected chi connectivity index (χ2v) is 3.69. The number of hydrogen-bond donors (Lipinski definition) is 1. The Kier molecular flexibility index (Phi) is 5.21. The molecular formula is C13H13N3O2. The van der Waals surface area contributed by atoms with Crippen LogP contribution in [0.25, 0.3) is 0 Å². The van der Waals surface area contributed by atoms with Crippen LogP contribution < -0.4 is 5.32 Å². The number of anilines is 1. The molecular weight excluding hydrogens is 230 g/mol. The third kappa shape index (κ3) is 3.80. The van der Waals surface area contributed by atoms with Crippen molar-refractivity contribution in [3.63, 3.8) is 0 Å². The maximum absolute atomic E-state index is 10.9. The van der Waals surface area contributed by atoms with Crippen molar-refractivity contribution in [2.24, 2.45) is 0 Å². The van der Waals surface area contributed by atoms with Crippen molar-refractivity contribution in [1.82, 2.24) is 0 Å². The number of nitro benzene ring substituents is 1. The van der Waals surface area contributed by atoms with Gasteiger partial charge in [0.15, 0.2) is 0 Å². The number of benzene rings is 1. The summed E-state index contributed by atoms with van der Waals surface area (Å²) in [4.78, 5) is 10.4. The van der Waals surface area contributed by atoms with Gasteiger partial charge in [0.1, 0.15) is 5.69 Å². The van der Waals surface area contributed by atoms with Gasteiger partial charge in [0.05, 0.1) is 16.6 Å². The van der Waals surface area contributed by atoms with Gasteiger partial charge in [-0.05, 0) is 25.0 Å². The van der Waals surface area contributed by atoms with E-state index >= 15 is 0 Å². The summed E-state index contributed by atoms with van der Waals surface area (Å²) in [5.41, 5.74) is 0.630. The molecule has 0 saturated carbocycles. The van der Waals surface area contributed by atoms with E-state index in [2.05, 4.69) is 11.2 Å². The highest BCUT2D eigenvalue weighted by molar-refractivity contribution is 5.63. The first-order chi connectivity index (χ1) is 8.69. The first-order valence-corrected chi connectivity index (χ1v) is 5.55. The summed E-state index contributed by atoms with van der Waals surface area (Å²) in [6.07, 6.45) is 7.56. The largest absolute Gasteiger partial charge is 0.379 e. The van der Waals surface area contributed by atoms with Crippen LogP contribution in [0.3, 0.4) is 0 Å². The molecule has 0 heterocycles. The fourth-order valence-electron chi connectivity index (χ4n) is 1.48. The van der Waals surface area contributed by atoms with Gasteiger partial charge in [0, 0.05) is 19.0 Å². The van der Waals surface area contributed by atoms with E-state index in [1.165, 1.54) is 6.07 Å². The van der Waals surface area contributed by atoms with Gasteiger partial charge < -0.3 is 5.32 Å². The van der Waals surface area contributed by atoms with Crippen LogP contribution in [0.15, 0.2) is 18.2 Å². The van der Waals surface area contributed by atoms with Crippen molar-refractivity contribution in [2.45, 2.75) is 19.3 Å². The molecule has 1 N–H and O–H groups in total. The molecule has 0 unspecified atom stereocenters. The molecule has 0 aliphatic heterocycles. The molecule has 5 heteroatoms. The number of terminal acetylenes is 1. The Morgan fingerprint density at radius 3 is 2.83 bits per heavy atom. The Hall–Kier alpha value is -2.53. The van der Waals surface area contributed by atoms with Crippen LogP contribution in [-0.4, -0.2) is 11.5 Å². The van der Waals surface area contributed by atoms with E-state index in [-0.39, 0.29) is 11.3 Å². The summed E-state index contributed by atoms with van der Waals surface area (Å²) in [6, 6.07) is 6.25. The van der Waals surface area contributed by atoms with Gasteiger partial charge >= 0.3 is 0 Å². The van der Waals surface area contributed by atoms with Gasteiger partial charge in [-0.25, -0.2) is 0 Å². The second kappa shape index (κ2) is 6.93. The number of nitro groups is 1. The Morgan fingerprint density at radius 1 is 1.44 bits per heavy atom. The van der Waals surface area contributed by atoms with E-state index in [1.807, 2.05) is 6.07 Å². The predicted molar refractivity (Wildman–Crippen MR) is 69.0 cm³/mol. The molecule has 0 aliphatic carbocycles. The SMILES string of the molecule is C#CCCCCNc1ccc(C#N)cc1[N+](=O)[O-]. The van der Waals surface area contributed by atoms with Crippen molar-refractivity contribution in [3.05, 3.63) is 33.9 Å². The molecule has 1 aromatic carbocycles. The minimum Gasteiger partial charge on any atom is -0.379 e. The number of rotatable bonds is 6. The lowest BCUT2D eigenvalue weighted by atomic mass is 10.2. The fraction of sp³-hybridized carbons (Fsp3) is 0.308. The van der Waals surface area contributed by atoms with E-state index in [4.69, 9.17) is 11.7 Å². The van der Waals surface area contributed by atoms with Gasteiger partial charge in [0.25, 0.3) is 5.69 Å². The van der Waals surface area contributed by atoms with E-state index < -0.39 is 4.92 Å². The number of hydrogen-bond acceptors (Lipinski definition) is 4. The molecule has 5 nitrogen and oxygen atoms in total. The number of nitrogens with zero attached hydrogens (tertiary/aromatic N) is 2. The highest BCUT2D eigenvalue weighted by atomic mass is 16.6. The van der Waals surface area contributed by atoms with Crippen LogP contribution in [0, 0.1) is 33.8 Å². The van der Waals surface area contributed by atoms with Gasteiger partial charge in [-0.15, -0.1) is 12.3 Å². The molecule has 1 aromatic rings. The average molecular weight is 243 g/mol. The monoisotopic (exact) mass is 243 g/mol. The normalized spacial score (nSPS) is 9.22. The summed E-state index contributed by atoms with van der Waals surface area (Å²) in [5, 5.41) is 22.5. The molecule has 0 saturated heterocycles. The Bertz CT molecular complexity index is 512. The highest BCUT2D eigenvalue weighted by Gasteiger charge is 2.13. The van der Waals surface area contributed by atoms with E-state index in [1.54, 1.807) is 12.1 Å². The average Bonchev–Trinajstić information content (AvgIpc) is 2.38. The lowest BCUT2D eigenvalue weighted by Crippen LogP contribution is -2.04. The second-order valence-electron chi connectivity index (χ2n) is 3.69. The molecule has 0 fully saturated rings. The highest BCUT2D eigenvalue weighted by Crippen LogP contribution is 2.25. The molecule has 0 spiro atoms. The third-order valence-corrected chi connectivity index (χ3v) is 2.39. The smallest absolute Gasteiger partial charge is 0.293 e. The van der Waals surface area contributed by atoms with E-state index in [0.29, 0.717) is 18.7 Å². The molecule has 0 radical (unpaired) electrons. The number of nitrogens with one attached hydrogen (secondary N) is 1. The topological polar surface area (TPSA) is 79.0 Å². The standard InChI is InChI=1S/C13H13N3O2/c1-2-3-4-5-8-15-12-7-6-11(10-14)9-13(12)16(17)18/h1,6-7,9,15H,3-5,8H2. The summed E-state index contributed by atoms with van der Waals surface area (Å²) >= 11 is 0. The maximum Gasteiger partial charge on any atom is 0.293 e. The van der Waals surface area contributed by atoms with Crippen molar-refractivity contribution in [3.8, 4) is 18.4 Å². The molecule has 0 aliphatic rings. The van der Waals surface area contributed by atoms with Crippen LogP contribution in [-0.2, 0) is 0 Å². The summed E-state index contributed by atoms with van der Waals surface area (Å²) in [6.45, 7) is 0.619. The van der Waals surface area contributed by atoms with Crippen LogP contribution in [0.1, 0.15) is 24.8 Å². The lowest BCUT2D eigenvalue weighted by molar-refractivity contribution is -0.384. The zero-order valence-corrected chi connectivity index (χ0v) is 9.85. The first kappa shape index (κ1) is 13.5. The molecule has 18 heavy (non-hydrogen) atoms. The Labute approximate surface area is 106 Å². The number of nitriles is 1. The third-order valence-electron chi connectivity index (χ3n) is 2.39. The van der Waals surface area contributed by atoms with Gasteiger partial charge in [-0.3, -0.25) is 10.1 Å². The van der Waals surface area contributed by atoms with Gasteiger partial charge in [-0.2, -0.15) is 5.26 Å². The van der Waals surface area contributed by atoms with Gasteiger partial charge in [-0.1, -0.05) is 0 Å². The van der Waals surface area contributed by atoms with Crippen LogP contribution in [0.2, 0.25) is 0 Å². The summed E-state index contributed by atoms with van der Waals surface area (Å²) in [7, 11) is 0. The minimum absolute atomic E-state index is 0.0778. The molecule has 0 aromatic heterocycles. The van der Waals surface area contributed by atoms with E-state index in [9.17, 15) is 10.1 Å². The summed E-state index contributed by atoms with van der Waals surface area (Å²) in [5.74, 6) is 2.54. The van der Waals surface area contributed by atoms with Crippen molar-refractivity contribution >= 4 is 11.4 Å². The Balaban J connectivity index is 2.68. The Morgan fingerprint density at radius 2 is 2.22 bits per heavy atom. The molecule has 0 atom stereocenters. The minimum atomic E-state index is -0.495. The molecule has 92 valence electrons. The lowest BCUT2D eigenvalue weighted by Gasteiger charge is -2.06. The quantitative estimate of drug-likeness (QED) is 0.360. The molecule has 0 amide bonds. The van der Waals surface area contributed by atoms with Crippen molar-refractivity contribution < 1.29 is 4.92 Å². The zero-order valence-electron chi connectivity index (χ0n) is 9.85. The van der Waals surface area contributed by atoms with Crippen LogP contribution in [0.5, 0.6) is 0 Å².